The topological polar surface area (TPSA) is 58.6 Å². The van der Waals surface area contributed by atoms with Gasteiger partial charge in [0.15, 0.2) is 0 Å². The SMILES string of the molecule is CC(C)(C)OC(=O)NC[C@H](O)Cc1ccc(-c2ccc(F)c(Cl)c2)cc1. The van der Waals surface area contributed by atoms with Gasteiger partial charge in [0.2, 0.25) is 0 Å². The van der Waals surface area contributed by atoms with Crippen LogP contribution in [-0.2, 0) is 11.2 Å². The molecule has 0 bridgehead atoms. The third-order valence-electron chi connectivity index (χ3n) is 3.56. The van der Waals surface area contributed by atoms with Gasteiger partial charge in [0.1, 0.15) is 11.4 Å². The van der Waals surface area contributed by atoms with Gasteiger partial charge in [-0.2, -0.15) is 0 Å². The minimum Gasteiger partial charge on any atom is -0.444 e. The first-order valence-electron chi connectivity index (χ1n) is 8.33. The van der Waals surface area contributed by atoms with E-state index in [4.69, 9.17) is 16.3 Å². The monoisotopic (exact) mass is 379 g/mol. The summed E-state index contributed by atoms with van der Waals surface area (Å²) in [6, 6.07) is 12.1. The maximum atomic E-state index is 13.2. The summed E-state index contributed by atoms with van der Waals surface area (Å²) in [6.07, 6.45) is -0.894. The van der Waals surface area contributed by atoms with Crippen molar-refractivity contribution in [1.82, 2.24) is 5.32 Å². The average Bonchev–Trinajstić information content (AvgIpc) is 2.55. The summed E-state index contributed by atoms with van der Waals surface area (Å²) in [7, 11) is 0. The molecule has 0 radical (unpaired) electrons. The molecule has 2 N–H and O–H groups in total. The van der Waals surface area contributed by atoms with Gasteiger partial charge in [-0.05, 0) is 49.6 Å². The lowest BCUT2D eigenvalue weighted by atomic mass is 10.0. The second-order valence-electron chi connectivity index (χ2n) is 7.07. The number of halogens is 2. The predicted octanol–water partition coefficient (Wildman–Crippen LogP) is 4.57. The number of aliphatic hydroxyl groups excluding tert-OH is 1. The van der Waals surface area contributed by atoms with Crippen molar-refractivity contribution in [1.29, 1.82) is 0 Å². The standard InChI is InChI=1S/C20H23ClFNO3/c1-20(2,3)26-19(25)23-12-16(24)10-13-4-6-14(7-5-13)15-8-9-18(22)17(21)11-15/h4-9,11,16,24H,10,12H2,1-3H3,(H,23,25)/t16-/m1/s1. The number of amides is 1. The average molecular weight is 380 g/mol. The van der Waals surface area contributed by atoms with Crippen LogP contribution in [0.2, 0.25) is 5.02 Å². The predicted molar refractivity (Wildman–Crippen MR) is 101 cm³/mol. The number of hydrogen-bond donors (Lipinski definition) is 2. The molecule has 1 amide bonds. The third-order valence-corrected chi connectivity index (χ3v) is 3.85. The van der Waals surface area contributed by atoms with Gasteiger partial charge in [-0.25, -0.2) is 9.18 Å². The Morgan fingerprint density at radius 2 is 1.81 bits per heavy atom. The van der Waals surface area contributed by atoms with Gasteiger partial charge in [-0.3, -0.25) is 0 Å². The summed E-state index contributed by atoms with van der Waals surface area (Å²) in [5, 5.41) is 12.7. The van der Waals surface area contributed by atoms with Gasteiger partial charge in [-0.1, -0.05) is 41.9 Å². The molecule has 26 heavy (non-hydrogen) atoms. The molecule has 4 nitrogen and oxygen atoms in total. The lowest BCUT2D eigenvalue weighted by Gasteiger charge is -2.20. The Hall–Kier alpha value is -2.11. The molecule has 0 saturated carbocycles. The highest BCUT2D eigenvalue weighted by molar-refractivity contribution is 6.31. The normalized spacial score (nSPS) is 12.5. The highest BCUT2D eigenvalue weighted by atomic mass is 35.5. The van der Waals surface area contributed by atoms with E-state index in [1.165, 1.54) is 6.07 Å². The summed E-state index contributed by atoms with van der Waals surface area (Å²) in [4.78, 5) is 11.6. The molecule has 2 rings (SSSR count). The van der Waals surface area contributed by atoms with Crippen LogP contribution in [0.15, 0.2) is 42.5 Å². The first kappa shape index (κ1) is 20.2. The van der Waals surface area contributed by atoms with Crippen molar-refractivity contribution in [3.63, 3.8) is 0 Å². The molecule has 2 aromatic carbocycles. The van der Waals surface area contributed by atoms with E-state index in [0.717, 1.165) is 16.7 Å². The Balaban J connectivity index is 1.90. The largest absolute Gasteiger partial charge is 0.444 e. The molecular weight excluding hydrogens is 357 g/mol. The molecule has 0 aliphatic carbocycles. The number of aliphatic hydroxyl groups is 1. The van der Waals surface area contributed by atoms with Crippen molar-refractivity contribution < 1.29 is 19.0 Å². The first-order chi connectivity index (χ1) is 12.1. The number of carbonyl (C=O) groups is 1. The maximum absolute atomic E-state index is 13.2. The lowest BCUT2D eigenvalue weighted by Crippen LogP contribution is -2.37. The maximum Gasteiger partial charge on any atom is 0.407 e. The van der Waals surface area contributed by atoms with Crippen molar-refractivity contribution in [3.05, 3.63) is 58.9 Å². The molecule has 2 aromatic rings. The van der Waals surface area contributed by atoms with Crippen LogP contribution < -0.4 is 5.32 Å². The Morgan fingerprint density at radius 3 is 2.38 bits per heavy atom. The zero-order chi connectivity index (χ0) is 19.3. The van der Waals surface area contributed by atoms with Crippen molar-refractivity contribution in [2.24, 2.45) is 0 Å². The van der Waals surface area contributed by atoms with Crippen LogP contribution in [0.1, 0.15) is 26.3 Å². The van der Waals surface area contributed by atoms with E-state index in [-0.39, 0.29) is 11.6 Å². The van der Waals surface area contributed by atoms with E-state index in [2.05, 4.69) is 5.32 Å². The fourth-order valence-corrected chi connectivity index (χ4v) is 2.55. The Labute approximate surface area is 157 Å². The molecule has 0 unspecified atom stereocenters. The number of nitrogens with one attached hydrogen (secondary N) is 1. The number of carbonyl (C=O) groups excluding carboxylic acids is 1. The van der Waals surface area contributed by atoms with Gasteiger partial charge in [-0.15, -0.1) is 0 Å². The molecular formula is C20H23ClFNO3. The Bertz CT molecular complexity index is 757. The number of hydrogen-bond acceptors (Lipinski definition) is 3. The molecule has 0 fully saturated rings. The molecule has 1 atom stereocenters. The van der Waals surface area contributed by atoms with Crippen LogP contribution >= 0.6 is 11.6 Å². The Kier molecular flexibility index (Phi) is 6.62. The number of rotatable bonds is 5. The molecule has 0 aromatic heterocycles. The van der Waals surface area contributed by atoms with Gasteiger partial charge in [0.05, 0.1) is 11.1 Å². The van der Waals surface area contributed by atoms with E-state index in [0.29, 0.717) is 6.42 Å². The van der Waals surface area contributed by atoms with E-state index >= 15 is 0 Å². The van der Waals surface area contributed by atoms with Crippen LogP contribution in [0, 0.1) is 5.82 Å². The summed E-state index contributed by atoms with van der Waals surface area (Å²) in [5.41, 5.74) is 2.06. The summed E-state index contributed by atoms with van der Waals surface area (Å²) in [5.74, 6) is -0.451. The summed E-state index contributed by atoms with van der Waals surface area (Å²) >= 11 is 5.81. The van der Waals surface area contributed by atoms with E-state index < -0.39 is 23.6 Å². The fourth-order valence-electron chi connectivity index (χ4n) is 2.37. The van der Waals surface area contributed by atoms with Crippen LogP contribution in [0.25, 0.3) is 11.1 Å². The van der Waals surface area contributed by atoms with Crippen molar-refractivity contribution >= 4 is 17.7 Å². The van der Waals surface area contributed by atoms with Crippen LogP contribution in [-0.4, -0.2) is 29.4 Å². The molecule has 0 spiro atoms. The third kappa shape index (κ3) is 6.32. The Morgan fingerprint density at radius 1 is 1.19 bits per heavy atom. The van der Waals surface area contributed by atoms with Crippen molar-refractivity contribution in [2.45, 2.75) is 38.9 Å². The smallest absolute Gasteiger partial charge is 0.407 e. The minimum atomic E-state index is -0.728. The van der Waals surface area contributed by atoms with E-state index in [1.54, 1.807) is 32.9 Å². The van der Waals surface area contributed by atoms with Gasteiger partial charge >= 0.3 is 6.09 Å². The van der Waals surface area contributed by atoms with Crippen molar-refractivity contribution in [3.8, 4) is 11.1 Å². The highest BCUT2D eigenvalue weighted by Crippen LogP contribution is 2.25. The van der Waals surface area contributed by atoms with Gasteiger partial charge < -0.3 is 15.2 Å². The first-order valence-corrected chi connectivity index (χ1v) is 8.71. The number of ether oxygens (including phenoxy) is 1. The van der Waals surface area contributed by atoms with Crippen LogP contribution in [0.5, 0.6) is 0 Å². The minimum absolute atomic E-state index is 0.0789. The quantitative estimate of drug-likeness (QED) is 0.799. The second-order valence-corrected chi connectivity index (χ2v) is 7.47. The summed E-state index contributed by atoms with van der Waals surface area (Å²) < 4.78 is 18.4. The lowest BCUT2D eigenvalue weighted by molar-refractivity contribution is 0.0492. The van der Waals surface area contributed by atoms with Crippen LogP contribution in [0.3, 0.4) is 0 Å². The molecule has 0 aliphatic heterocycles. The summed E-state index contributed by atoms with van der Waals surface area (Å²) in [6.45, 7) is 5.43. The zero-order valence-corrected chi connectivity index (χ0v) is 15.8. The molecule has 140 valence electrons. The van der Waals surface area contributed by atoms with Crippen molar-refractivity contribution in [2.75, 3.05) is 6.54 Å². The second kappa shape index (κ2) is 8.52. The van der Waals surface area contributed by atoms with Gasteiger partial charge in [0, 0.05) is 13.0 Å². The fraction of sp³-hybridized carbons (Fsp3) is 0.350. The number of benzene rings is 2. The number of alkyl carbamates (subject to hydrolysis) is 1. The van der Waals surface area contributed by atoms with Gasteiger partial charge in [0.25, 0.3) is 0 Å². The molecule has 0 aliphatic rings. The zero-order valence-electron chi connectivity index (χ0n) is 15.1. The highest BCUT2D eigenvalue weighted by Gasteiger charge is 2.17. The van der Waals surface area contributed by atoms with E-state index in [1.807, 2.05) is 24.3 Å². The molecule has 0 saturated heterocycles. The van der Waals surface area contributed by atoms with E-state index in [9.17, 15) is 14.3 Å². The molecule has 0 heterocycles. The van der Waals surface area contributed by atoms with Crippen LogP contribution in [0.4, 0.5) is 9.18 Å². The molecule has 6 heteroatoms.